The van der Waals surface area contributed by atoms with E-state index in [0.717, 1.165) is 0 Å². The minimum Gasteiger partial charge on any atom is -0.152 e. The molecule has 0 amide bonds. The van der Waals surface area contributed by atoms with Gasteiger partial charge in [0.05, 0.1) is 7.11 Å². The van der Waals surface area contributed by atoms with Crippen LogP contribution in [-0.2, 0) is 13.7 Å². The Hall–Kier alpha value is -0.0200. The summed E-state index contributed by atoms with van der Waals surface area (Å²) in [6.07, 6.45) is 0. The van der Waals surface area contributed by atoms with E-state index in [9.17, 15) is 4.57 Å². The van der Waals surface area contributed by atoms with Gasteiger partial charge in [-0.3, -0.25) is 0 Å². The van der Waals surface area contributed by atoms with Crippen molar-refractivity contribution in [2.75, 3.05) is 14.2 Å². The molecule has 1 N–H and O–H groups in total. The maximum absolute atomic E-state index is 10.1. The summed E-state index contributed by atoms with van der Waals surface area (Å²) in [7, 11) is 0.868. The van der Waals surface area contributed by atoms with Gasteiger partial charge in [0.15, 0.2) is 0 Å². The summed E-state index contributed by atoms with van der Waals surface area (Å²) in [5, 5.41) is 0. The molecule has 0 aliphatic carbocycles. The van der Waals surface area contributed by atoms with Gasteiger partial charge in [0.25, 0.3) is 0 Å². The molecule has 5 heteroatoms. The molecule has 0 bridgehead atoms. The maximum atomic E-state index is 10.1. The molecule has 0 rings (SSSR count). The van der Waals surface area contributed by atoms with Crippen LogP contribution in [0.15, 0.2) is 0 Å². The third kappa shape index (κ3) is 3.82. The topological polar surface area (TPSA) is 47.6 Å². The van der Waals surface area contributed by atoms with Crippen LogP contribution >= 0.6 is 8.25 Å². The smallest absolute Gasteiger partial charge is 0.152 e. The summed E-state index contributed by atoms with van der Waals surface area (Å²) in [4.78, 5) is 0. The van der Waals surface area contributed by atoms with E-state index in [4.69, 9.17) is 0 Å². The molecular formula is C2H7NO3P+. The molecule has 0 heterocycles. The quantitative estimate of drug-likeness (QED) is 0.438. The molecular weight excluding hydrogens is 117 g/mol. The Labute approximate surface area is 42.7 Å². The van der Waals surface area contributed by atoms with Gasteiger partial charge in [-0.1, -0.05) is 0 Å². The molecule has 42 valence electrons. The number of hydrogen-bond acceptors (Lipinski definition) is 4. The molecule has 0 radical (unpaired) electrons. The summed E-state index contributed by atoms with van der Waals surface area (Å²) in [5.74, 6) is 0. The summed E-state index contributed by atoms with van der Waals surface area (Å²) in [6, 6.07) is 0. The molecule has 0 saturated heterocycles. The van der Waals surface area contributed by atoms with Crippen LogP contribution in [0.25, 0.3) is 0 Å². The Morgan fingerprint density at radius 2 is 2.29 bits per heavy atom. The van der Waals surface area contributed by atoms with Crippen LogP contribution in [0, 0.1) is 0 Å². The third-order valence-corrected chi connectivity index (χ3v) is 0.945. The van der Waals surface area contributed by atoms with Crippen LogP contribution in [0.4, 0.5) is 0 Å². The van der Waals surface area contributed by atoms with E-state index in [-0.39, 0.29) is 0 Å². The van der Waals surface area contributed by atoms with Gasteiger partial charge in [-0.25, -0.2) is 0 Å². The molecule has 7 heavy (non-hydrogen) atoms. The predicted octanol–water partition coefficient (Wildman–Crippen LogP) is 0.441. The van der Waals surface area contributed by atoms with Crippen molar-refractivity contribution < 1.29 is 13.7 Å². The van der Waals surface area contributed by atoms with Crippen molar-refractivity contribution >= 4 is 8.25 Å². The molecule has 0 aliphatic heterocycles. The Kier molecular flexibility index (Phi) is 4.14. The number of rotatable bonds is 3. The standard InChI is InChI=1S/C2H7NO3P/c1-3-6-7(4)5-2/h3H,1-2H3/q+1. The molecule has 1 atom stereocenters. The number of hydroxylamine groups is 1. The van der Waals surface area contributed by atoms with Crippen molar-refractivity contribution in [2.45, 2.75) is 0 Å². The summed E-state index contributed by atoms with van der Waals surface area (Å²) in [6.45, 7) is 0. The van der Waals surface area contributed by atoms with Gasteiger partial charge in [0, 0.05) is 11.6 Å². The fourth-order valence-corrected chi connectivity index (χ4v) is 0.335. The van der Waals surface area contributed by atoms with Crippen molar-refractivity contribution in [3.63, 3.8) is 0 Å². The second kappa shape index (κ2) is 4.15. The summed E-state index contributed by atoms with van der Waals surface area (Å²) >= 11 is 0. The first-order valence-electron chi connectivity index (χ1n) is 1.66. The molecule has 0 aromatic heterocycles. The maximum Gasteiger partial charge on any atom is 0.716 e. The van der Waals surface area contributed by atoms with Crippen LogP contribution < -0.4 is 5.48 Å². The molecule has 0 saturated carbocycles. The Bertz CT molecular complexity index is 66.0. The second-order valence-electron chi connectivity index (χ2n) is 0.702. The zero-order valence-corrected chi connectivity index (χ0v) is 5.07. The predicted molar refractivity (Wildman–Crippen MR) is 24.8 cm³/mol. The minimum atomic E-state index is -1.94. The van der Waals surface area contributed by atoms with Gasteiger partial charge in [0.1, 0.15) is 0 Å². The molecule has 0 spiro atoms. The number of nitrogens with one attached hydrogen (secondary N) is 1. The minimum absolute atomic E-state index is 1.30. The van der Waals surface area contributed by atoms with E-state index in [1.54, 1.807) is 0 Å². The molecule has 0 aliphatic rings. The highest BCUT2D eigenvalue weighted by atomic mass is 31.1. The van der Waals surface area contributed by atoms with Gasteiger partial charge in [-0.05, 0) is 4.62 Å². The molecule has 0 fully saturated rings. The van der Waals surface area contributed by atoms with E-state index in [0.29, 0.717) is 0 Å². The van der Waals surface area contributed by atoms with Gasteiger partial charge in [-0.15, -0.1) is 4.52 Å². The van der Waals surface area contributed by atoms with Crippen molar-refractivity contribution in [3.05, 3.63) is 0 Å². The first-order chi connectivity index (χ1) is 3.31. The Morgan fingerprint density at radius 3 is 2.43 bits per heavy atom. The van der Waals surface area contributed by atoms with Crippen LogP contribution in [0.2, 0.25) is 0 Å². The van der Waals surface area contributed by atoms with Gasteiger partial charge in [-0.2, -0.15) is 5.48 Å². The normalized spacial score (nSPS) is 11.4. The van der Waals surface area contributed by atoms with Crippen molar-refractivity contribution in [3.8, 4) is 0 Å². The Morgan fingerprint density at radius 1 is 1.71 bits per heavy atom. The van der Waals surface area contributed by atoms with E-state index >= 15 is 0 Å². The average Bonchev–Trinajstić information content (AvgIpc) is 1.68. The van der Waals surface area contributed by atoms with Crippen LogP contribution in [0.3, 0.4) is 0 Å². The van der Waals surface area contributed by atoms with Crippen LogP contribution in [-0.4, -0.2) is 14.2 Å². The van der Waals surface area contributed by atoms with E-state index in [2.05, 4.69) is 14.6 Å². The average molecular weight is 124 g/mol. The van der Waals surface area contributed by atoms with E-state index in [1.807, 2.05) is 0 Å². The van der Waals surface area contributed by atoms with Crippen LogP contribution in [0.1, 0.15) is 0 Å². The third-order valence-electron chi connectivity index (χ3n) is 0.315. The SMILES string of the molecule is CNO[P+](=O)OC. The van der Waals surface area contributed by atoms with Crippen molar-refractivity contribution in [1.82, 2.24) is 5.48 Å². The Balaban J connectivity index is 3.00. The zero-order chi connectivity index (χ0) is 5.70. The highest BCUT2D eigenvalue weighted by Crippen LogP contribution is 2.18. The molecule has 4 nitrogen and oxygen atoms in total. The van der Waals surface area contributed by atoms with Crippen LogP contribution in [0.5, 0.6) is 0 Å². The summed E-state index contributed by atoms with van der Waals surface area (Å²) < 4.78 is 18.5. The first kappa shape index (κ1) is 6.98. The monoisotopic (exact) mass is 124 g/mol. The molecule has 0 aromatic rings. The fourth-order valence-electron chi connectivity index (χ4n) is 0.112. The second-order valence-corrected chi connectivity index (χ2v) is 1.70. The first-order valence-corrected chi connectivity index (χ1v) is 2.76. The van der Waals surface area contributed by atoms with Gasteiger partial charge in [0.2, 0.25) is 0 Å². The largest absolute Gasteiger partial charge is 0.716 e. The van der Waals surface area contributed by atoms with Gasteiger partial charge < -0.3 is 0 Å². The molecule has 0 aromatic carbocycles. The van der Waals surface area contributed by atoms with E-state index < -0.39 is 8.25 Å². The highest BCUT2D eigenvalue weighted by Gasteiger charge is 2.14. The van der Waals surface area contributed by atoms with Crippen molar-refractivity contribution in [1.29, 1.82) is 0 Å². The summed E-state index contributed by atoms with van der Waals surface area (Å²) in [5.41, 5.74) is 2.21. The highest BCUT2D eigenvalue weighted by molar-refractivity contribution is 7.33. The lowest BCUT2D eigenvalue weighted by atomic mass is 11.6. The number of hydrogen-bond donors (Lipinski definition) is 1. The lowest BCUT2D eigenvalue weighted by molar-refractivity contribution is 0.191. The lowest BCUT2D eigenvalue weighted by Crippen LogP contribution is -1.99. The zero-order valence-electron chi connectivity index (χ0n) is 4.17. The van der Waals surface area contributed by atoms with E-state index in [1.165, 1.54) is 14.2 Å². The van der Waals surface area contributed by atoms with Crippen molar-refractivity contribution in [2.24, 2.45) is 0 Å². The van der Waals surface area contributed by atoms with Gasteiger partial charge >= 0.3 is 8.25 Å². The molecule has 1 unspecified atom stereocenters. The lowest BCUT2D eigenvalue weighted by Gasteiger charge is -1.76. The fraction of sp³-hybridized carbons (Fsp3) is 1.00.